The fourth-order valence-corrected chi connectivity index (χ4v) is 3.10. The Labute approximate surface area is 185 Å². The van der Waals surface area contributed by atoms with E-state index >= 15 is 0 Å². The van der Waals surface area contributed by atoms with Gasteiger partial charge in [-0.25, -0.2) is 0 Å². The van der Waals surface area contributed by atoms with Crippen LogP contribution in [0, 0.1) is 0 Å². The zero-order valence-electron chi connectivity index (χ0n) is 19.0. The van der Waals surface area contributed by atoms with Crippen molar-refractivity contribution in [3.8, 4) is 11.5 Å². The highest BCUT2D eigenvalue weighted by molar-refractivity contribution is 5.87. The minimum Gasteiger partial charge on any atom is -0.497 e. The van der Waals surface area contributed by atoms with E-state index in [1.807, 2.05) is 48.5 Å². The summed E-state index contributed by atoms with van der Waals surface area (Å²) in [4.78, 5) is 27.2. The molecule has 0 bridgehead atoms. The van der Waals surface area contributed by atoms with Gasteiger partial charge in [-0.3, -0.25) is 9.59 Å². The number of unbranched alkanes of at least 4 members (excludes halogenated alkanes) is 1. The van der Waals surface area contributed by atoms with E-state index in [1.165, 1.54) is 5.56 Å². The number of aryl methyl sites for hydroxylation is 1. The van der Waals surface area contributed by atoms with E-state index in [9.17, 15) is 9.59 Å². The van der Waals surface area contributed by atoms with Crippen LogP contribution in [0.4, 0.5) is 0 Å². The van der Waals surface area contributed by atoms with Crippen molar-refractivity contribution in [2.24, 2.45) is 0 Å². The molecule has 2 aromatic rings. The van der Waals surface area contributed by atoms with Crippen molar-refractivity contribution in [3.05, 3.63) is 59.7 Å². The lowest BCUT2D eigenvalue weighted by Gasteiger charge is -2.28. The van der Waals surface area contributed by atoms with E-state index in [0.717, 1.165) is 30.6 Å². The van der Waals surface area contributed by atoms with Gasteiger partial charge in [-0.05, 0) is 55.2 Å². The smallest absolute Gasteiger partial charge is 0.261 e. The number of nitrogens with one attached hydrogen (secondary N) is 1. The molecule has 0 aliphatic rings. The average molecular weight is 427 g/mol. The molecule has 2 amide bonds. The molecule has 2 rings (SSSR count). The number of hydrogen-bond acceptors (Lipinski definition) is 4. The summed E-state index contributed by atoms with van der Waals surface area (Å²) >= 11 is 0. The summed E-state index contributed by atoms with van der Waals surface area (Å²) in [5, 5.41) is 2.92. The summed E-state index contributed by atoms with van der Waals surface area (Å²) < 4.78 is 10.9. The first kappa shape index (κ1) is 24.3. The third-order valence-corrected chi connectivity index (χ3v) is 5.20. The van der Waals surface area contributed by atoms with Crippen molar-refractivity contribution >= 4 is 11.8 Å². The molecule has 0 saturated heterocycles. The lowest BCUT2D eigenvalue weighted by Crippen LogP contribution is -2.49. The Balaban J connectivity index is 2.09. The molecular weight excluding hydrogens is 392 g/mol. The maximum atomic E-state index is 13.0. The van der Waals surface area contributed by atoms with Crippen LogP contribution in [0.15, 0.2) is 48.5 Å². The normalized spacial score (nSPS) is 11.5. The van der Waals surface area contributed by atoms with Crippen LogP contribution in [-0.4, -0.2) is 43.0 Å². The minimum absolute atomic E-state index is 0.131. The number of rotatable bonds is 12. The lowest BCUT2D eigenvalue weighted by molar-refractivity contribution is -0.142. The minimum atomic E-state index is -0.613. The van der Waals surface area contributed by atoms with Crippen molar-refractivity contribution in [2.75, 3.05) is 20.3 Å². The predicted octanol–water partition coefficient (Wildman–Crippen LogP) is 3.97. The number of carbonyl (C=O) groups excluding carboxylic acids is 2. The summed E-state index contributed by atoms with van der Waals surface area (Å²) in [6.07, 6.45) is 2.84. The van der Waals surface area contributed by atoms with Crippen LogP contribution in [0.25, 0.3) is 0 Å². The number of hydrogen-bond donors (Lipinski definition) is 1. The maximum absolute atomic E-state index is 13.0. The number of ether oxygens (including phenoxy) is 2. The maximum Gasteiger partial charge on any atom is 0.261 e. The third-order valence-electron chi connectivity index (χ3n) is 5.20. The van der Waals surface area contributed by atoms with Crippen LogP contribution in [0.3, 0.4) is 0 Å². The summed E-state index contributed by atoms with van der Waals surface area (Å²) in [6, 6.07) is 14.6. The van der Waals surface area contributed by atoms with Crippen molar-refractivity contribution in [1.29, 1.82) is 0 Å². The Morgan fingerprint density at radius 3 is 2.16 bits per heavy atom. The van der Waals surface area contributed by atoms with E-state index in [1.54, 1.807) is 18.9 Å². The molecule has 2 aromatic carbocycles. The molecule has 1 unspecified atom stereocenters. The monoisotopic (exact) mass is 426 g/mol. The van der Waals surface area contributed by atoms with Crippen molar-refractivity contribution in [2.45, 2.75) is 52.6 Å². The van der Waals surface area contributed by atoms with E-state index < -0.39 is 6.04 Å². The Bertz CT molecular complexity index is 818. The number of carbonyl (C=O) groups is 2. The van der Waals surface area contributed by atoms with Gasteiger partial charge >= 0.3 is 0 Å². The van der Waals surface area contributed by atoms with Gasteiger partial charge in [0.05, 0.1) is 7.11 Å². The molecule has 0 aromatic heterocycles. The Hall–Kier alpha value is -3.02. The van der Waals surface area contributed by atoms with Gasteiger partial charge in [0.15, 0.2) is 6.61 Å². The highest BCUT2D eigenvalue weighted by Gasteiger charge is 2.26. The van der Waals surface area contributed by atoms with Crippen LogP contribution in [-0.2, 0) is 22.6 Å². The number of amides is 2. The molecule has 1 atom stereocenters. The molecule has 0 radical (unpaired) electrons. The van der Waals surface area contributed by atoms with Gasteiger partial charge in [-0.15, -0.1) is 0 Å². The largest absolute Gasteiger partial charge is 0.497 e. The third kappa shape index (κ3) is 7.63. The quantitative estimate of drug-likeness (QED) is 0.522. The van der Waals surface area contributed by atoms with Crippen LogP contribution >= 0.6 is 0 Å². The molecular formula is C25H34N2O4. The number of methoxy groups -OCH3 is 1. The molecule has 1 N–H and O–H groups in total. The first-order valence-electron chi connectivity index (χ1n) is 10.9. The van der Waals surface area contributed by atoms with Crippen molar-refractivity contribution < 1.29 is 19.1 Å². The molecule has 168 valence electrons. The van der Waals surface area contributed by atoms with Gasteiger partial charge in [0.2, 0.25) is 5.91 Å². The summed E-state index contributed by atoms with van der Waals surface area (Å²) in [7, 11) is 1.61. The molecule has 6 nitrogen and oxygen atoms in total. The Morgan fingerprint density at radius 1 is 0.968 bits per heavy atom. The second-order valence-electron chi connectivity index (χ2n) is 7.48. The summed E-state index contributed by atoms with van der Waals surface area (Å²) in [5.41, 5.74) is 2.12. The van der Waals surface area contributed by atoms with Gasteiger partial charge in [-0.2, -0.15) is 0 Å². The number of nitrogens with zero attached hydrogens (tertiary/aromatic N) is 1. The van der Waals surface area contributed by atoms with Crippen molar-refractivity contribution in [3.63, 3.8) is 0 Å². The van der Waals surface area contributed by atoms with E-state index in [2.05, 4.69) is 19.2 Å². The highest BCUT2D eigenvalue weighted by Crippen LogP contribution is 2.16. The van der Waals surface area contributed by atoms with Crippen LogP contribution < -0.4 is 14.8 Å². The predicted molar refractivity (Wildman–Crippen MR) is 122 cm³/mol. The molecule has 0 saturated carbocycles. The second kappa shape index (κ2) is 12.6. The zero-order valence-corrected chi connectivity index (χ0v) is 19.0. The second-order valence-corrected chi connectivity index (χ2v) is 7.48. The fraction of sp³-hybridized carbons (Fsp3) is 0.440. The first-order valence-corrected chi connectivity index (χ1v) is 10.9. The number of benzene rings is 2. The van der Waals surface area contributed by atoms with Gasteiger partial charge in [0, 0.05) is 13.1 Å². The van der Waals surface area contributed by atoms with E-state index in [-0.39, 0.29) is 18.4 Å². The summed E-state index contributed by atoms with van der Waals surface area (Å²) in [5.74, 6) is 0.969. The molecule has 6 heteroatoms. The molecule has 0 aliphatic carbocycles. The summed E-state index contributed by atoms with van der Waals surface area (Å²) in [6.45, 7) is 6.68. The SMILES string of the molecule is CCCCNC(=O)C(C)N(Cc1ccc(OC)cc1)C(=O)COc1ccc(CC)cc1. The standard InChI is InChI=1S/C25H34N2O4/c1-5-7-16-26-25(29)19(3)27(17-21-10-12-22(30-4)13-11-21)24(28)18-31-23-14-8-20(6-2)9-15-23/h8-15,19H,5-7,16-18H2,1-4H3,(H,26,29). The molecule has 0 fully saturated rings. The van der Waals surface area contributed by atoms with E-state index in [4.69, 9.17) is 9.47 Å². The van der Waals surface area contributed by atoms with Gasteiger partial charge in [0.1, 0.15) is 17.5 Å². The molecule has 0 aliphatic heterocycles. The van der Waals surface area contributed by atoms with Gasteiger partial charge in [-0.1, -0.05) is 44.5 Å². The molecule has 0 spiro atoms. The van der Waals surface area contributed by atoms with Gasteiger partial charge in [0.25, 0.3) is 5.91 Å². The van der Waals surface area contributed by atoms with Crippen LogP contribution in [0.5, 0.6) is 11.5 Å². The van der Waals surface area contributed by atoms with Crippen LogP contribution in [0.2, 0.25) is 0 Å². The lowest BCUT2D eigenvalue weighted by atomic mass is 10.1. The zero-order chi connectivity index (χ0) is 22.6. The average Bonchev–Trinajstić information content (AvgIpc) is 2.81. The van der Waals surface area contributed by atoms with E-state index in [0.29, 0.717) is 18.8 Å². The van der Waals surface area contributed by atoms with Crippen LogP contribution in [0.1, 0.15) is 44.7 Å². The molecule has 31 heavy (non-hydrogen) atoms. The fourth-order valence-electron chi connectivity index (χ4n) is 3.10. The molecule has 0 heterocycles. The highest BCUT2D eigenvalue weighted by atomic mass is 16.5. The first-order chi connectivity index (χ1) is 15.0. The van der Waals surface area contributed by atoms with Crippen molar-refractivity contribution in [1.82, 2.24) is 10.2 Å². The Kier molecular flexibility index (Phi) is 9.88. The van der Waals surface area contributed by atoms with Gasteiger partial charge < -0.3 is 19.7 Å². The Morgan fingerprint density at radius 2 is 1.58 bits per heavy atom. The topological polar surface area (TPSA) is 67.9 Å².